The van der Waals surface area contributed by atoms with E-state index in [9.17, 15) is 18.0 Å². The highest BCUT2D eigenvalue weighted by atomic mass is 32.2. The van der Waals surface area contributed by atoms with Crippen molar-refractivity contribution in [2.24, 2.45) is 0 Å². The number of nitrogens with zero attached hydrogens (tertiary/aromatic N) is 3. The average Bonchev–Trinajstić information content (AvgIpc) is 3.28. The molecular formula is C20H29N3O5S. The van der Waals surface area contributed by atoms with Crippen molar-refractivity contribution in [2.75, 3.05) is 43.4 Å². The second kappa shape index (κ2) is 9.56. The molecule has 8 nitrogen and oxygen atoms in total. The van der Waals surface area contributed by atoms with Crippen LogP contribution in [0.2, 0.25) is 0 Å². The SMILES string of the molecule is CCOC(=O)c1ccc(N2CCN(C(=O)CCS(=O)(=O)C3CCCC3)CC2)nc1. The minimum Gasteiger partial charge on any atom is -0.462 e. The molecule has 2 aliphatic rings. The summed E-state index contributed by atoms with van der Waals surface area (Å²) >= 11 is 0. The molecule has 1 aliphatic heterocycles. The smallest absolute Gasteiger partial charge is 0.339 e. The third-order valence-corrected chi connectivity index (χ3v) is 7.89. The van der Waals surface area contributed by atoms with Crippen molar-refractivity contribution < 1.29 is 22.7 Å². The molecule has 0 radical (unpaired) electrons. The first-order valence-electron chi connectivity index (χ1n) is 10.3. The van der Waals surface area contributed by atoms with Gasteiger partial charge in [-0.25, -0.2) is 18.2 Å². The summed E-state index contributed by atoms with van der Waals surface area (Å²) < 4.78 is 29.7. The molecule has 1 aromatic rings. The lowest BCUT2D eigenvalue weighted by Crippen LogP contribution is -2.49. The molecule has 2 heterocycles. The first kappa shape index (κ1) is 21.5. The number of carbonyl (C=O) groups excluding carboxylic acids is 2. The monoisotopic (exact) mass is 423 g/mol. The van der Waals surface area contributed by atoms with Crippen LogP contribution in [-0.4, -0.2) is 74.0 Å². The van der Waals surface area contributed by atoms with Gasteiger partial charge in [-0.15, -0.1) is 0 Å². The highest BCUT2D eigenvalue weighted by molar-refractivity contribution is 7.92. The molecule has 1 saturated carbocycles. The summed E-state index contributed by atoms with van der Waals surface area (Å²) in [5.41, 5.74) is 0.410. The molecule has 0 atom stereocenters. The van der Waals surface area contributed by atoms with Crippen LogP contribution in [0.5, 0.6) is 0 Å². The molecule has 160 valence electrons. The zero-order chi connectivity index (χ0) is 20.9. The van der Waals surface area contributed by atoms with Crippen LogP contribution in [-0.2, 0) is 19.4 Å². The number of sulfone groups is 1. The minimum absolute atomic E-state index is 0.0480. The maximum Gasteiger partial charge on any atom is 0.339 e. The number of rotatable bonds is 7. The highest BCUT2D eigenvalue weighted by Gasteiger charge is 2.30. The van der Waals surface area contributed by atoms with E-state index in [0.717, 1.165) is 31.5 Å². The number of carbonyl (C=O) groups is 2. The van der Waals surface area contributed by atoms with E-state index < -0.39 is 15.8 Å². The number of ether oxygens (including phenoxy) is 1. The van der Waals surface area contributed by atoms with Crippen LogP contribution in [0.3, 0.4) is 0 Å². The largest absolute Gasteiger partial charge is 0.462 e. The van der Waals surface area contributed by atoms with Gasteiger partial charge in [0.1, 0.15) is 5.82 Å². The van der Waals surface area contributed by atoms with Crippen molar-refractivity contribution in [3.8, 4) is 0 Å². The summed E-state index contributed by atoms with van der Waals surface area (Å²) in [4.78, 5) is 32.3. The molecule has 9 heteroatoms. The van der Waals surface area contributed by atoms with E-state index in [1.54, 1.807) is 24.0 Å². The minimum atomic E-state index is -3.17. The van der Waals surface area contributed by atoms with Crippen LogP contribution < -0.4 is 4.90 Å². The standard InChI is InChI=1S/C20H29N3O5S/c1-2-28-20(25)16-7-8-18(21-15-16)22-10-12-23(13-11-22)19(24)9-14-29(26,27)17-5-3-4-6-17/h7-8,15,17H,2-6,9-14H2,1H3. The van der Waals surface area contributed by atoms with Gasteiger partial charge in [0.25, 0.3) is 0 Å². The number of aromatic nitrogens is 1. The number of piperazine rings is 1. The Balaban J connectivity index is 1.47. The van der Waals surface area contributed by atoms with E-state index in [-0.39, 0.29) is 23.3 Å². The van der Waals surface area contributed by atoms with Gasteiger partial charge in [0.05, 0.1) is 23.2 Å². The molecule has 0 N–H and O–H groups in total. The molecule has 0 spiro atoms. The molecule has 1 amide bonds. The Bertz CT molecular complexity index is 811. The van der Waals surface area contributed by atoms with Crippen LogP contribution >= 0.6 is 0 Å². The third kappa shape index (κ3) is 5.46. The Kier molecular flexibility index (Phi) is 7.10. The summed E-state index contributed by atoms with van der Waals surface area (Å²) in [6.45, 7) is 4.37. The number of hydrogen-bond donors (Lipinski definition) is 0. The van der Waals surface area contributed by atoms with Crippen LogP contribution in [0.4, 0.5) is 5.82 Å². The fourth-order valence-corrected chi connectivity index (χ4v) is 5.74. The van der Waals surface area contributed by atoms with Gasteiger partial charge in [-0.3, -0.25) is 4.79 Å². The van der Waals surface area contributed by atoms with Crippen molar-refractivity contribution in [3.05, 3.63) is 23.9 Å². The molecule has 3 rings (SSSR count). The predicted octanol–water partition coefficient (Wildman–Crippen LogP) is 1.65. The number of amides is 1. The van der Waals surface area contributed by atoms with E-state index in [2.05, 4.69) is 4.98 Å². The Morgan fingerprint density at radius 2 is 1.83 bits per heavy atom. The van der Waals surface area contributed by atoms with E-state index in [1.807, 2.05) is 4.90 Å². The van der Waals surface area contributed by atoms with Crippen LogP contribution in [0, 0.1) is 0 Å². The van der Waals surface area contributed by atoms with Gasteiger partial charge in [-0.05, 0) is 31.9 Å². The Hall–Kier alpha value is -2.16. The molecule has 0 aromatic carbocycles. The van der Waals surface area contributed by atoms with Gasteiger partial charge >= 0.3 is 5.97 Å². The summed E-state index contributed by atoms with van der Waals surface area (Å²) in [5.74, 6) is 0.202. The van der Waals surface area contributed by atoms with Gasteiger partial charge in [0.15, 0.2) is 9.84 Å². The quantitative estimate of drug-likeness (QED) is 0.615. The number of esters is 1. The highest BCUT2D eigenvalue weighted by Crippen LogP contribution is 2.25. The summed E-state index contributed by atoms with van der Waals surface area (Å²) in [6, 6.07) is 3.46. The van der Waals surface area contributed by atoms with Crippen LogP contribution in [0.25, 0.3) is 0 Å². The Morgan fingerprint density at radius 1 is 1.14 bits per heavy atom. The summed E-state index contributed by atoms with van der Waals surface area (Å²) in [7, 11) is -3.17. The van der Waals surface area contributed by atoms with E-state index in [4.69, 9.17) is 4.74 Å². The van der Waals surface area contributed by atoms with E-state index >= 15 is 0 Å². The summed E-state index contributed by atoms with van der Waals surface area (Å²) in [5, 5.41) is -0.254. The number of pyridine rings is 1. The zero-order valence-corrected chi connectivity index (χ0v) is 17.7. The molecule has 0 unspecified atom stereocenters. The third-order valence-electron chi connectivity index (χ3n) is 5.63. The Morgan fingerprint density at radius 3 is 2.41 bits per heavy atom. The molecule has 1 aromatic heterocycles. The van der Waals surface area contributed by atoms with Gasteiger partial charge < -0.3 is 14.5 Å². The zero-order valence-electron chi connectivity index (χ0n) is 16.9. The molecule has 1 saturated heterocycles. The Labute approximate surface area is 172 Å². The number of anilines is 1. The summed E-state index contributed by atoms with van der Waals surface area (Å²) in [6.07, 6.45) is 4.96. The first-order chi connectivity index (χ1) is 13.9. The molecular weight excluding hydrogens is 394 g/mol. The maximum atomic E-state index is 12.5. The van der Waals surface area contributed by atoms with Crippen molar-refractivity contribution in [3.63, 3.8) is 0 Å². The van der Waals surface area contributed by atoms with Gasteiger partial charge in [-0.1, -0.05) is 12.8 Å². The molecule has 1 aliphatic carbocycles. The van der Waals surface area contributed by atoms with Gasteiger partial charge in [0.2, 0.25) is 5.91 Å². The molecule has 2 fully saturated rings. The van der Waals surface area contributed by atoms with Crippen molar-refractivity contribution in [1.82, 2.24) is 9.88 Å². The fourth-order valence-electron chi connectivity index (χ4n) is 3.90. The molecule has 0 bridgehead atoms. The van der Waals surface area contributed by atoms with Gasteiger partial charge in [-0.2, -0.15) is 0 Å². The fraction of sp³-hybridized carbons (Fsp3) is 0.650. The van der Waals surface area contributed by atoms with Crippen molar-refractivity contribution >= 4 is 27.5 Å². The lowest BCUT2D eigenvalue weighted by Gasteiger charge is -2.35. The lowest BCUT2D eigenvalue weighted by atomic mass is 10.2. The van der Waals surface area contributed by atoms with Crippen molar-refractivity contribution in [2.45, 2.75) is 44.3 Å². The van der Waals surface area contributed by atoms with Crippen LogP contribution in [0.15, 0.2) is 18.3 Å². The van der Waals surface area contributed by atoms with Gasteiger partial charge in [0, 0.05) is 38.8 Å². The maximum absolute atomic E-state index is 12.5. The van der Waals surface area contributed by atoms with Crippen LogP contribution in [0.1, 0.15) is 49.4 Å². The number of hydrogen-bond acceptors (Lipinski definition) is 7. The predicted molar refractivity (Wildman–Crippen MR) is 110 cm³/mol. The lowest BCUT2D eigenvalue weighted by molar-refractivity contribution is -0.131. The normalized spacial score (nSPS) is 18.1. The molecule has 29 heavy (non-hydrogen) atoms. The first-order valence-corrected chi connectivity index (χ1v) is 12.0. The second-order valence-corrected chi connectivity index (χ2v) is 9.92. The van der Waals surface area contributed by atoms with E-state index in [0.29, 0.717) is 38.3 Å². The topological polar surface area (TPSA) is 96.9 Å². The average molecular weight is 424 g/mol. The van der Waals surface area contributed by atoms with Crippen molar-refractivity contribution in [1.29, 1.82) is 0 Å². The second-order valence-electron chi connectivity index (χ2n) is 7.52. The van der Waals surface area contributed by atoms with E-state index in [1.165, 1.54) is 6.20 Å².